The molecular weight excluding hydrogens is 324 g/mol. The third-order valence-electron chi connectivity index (χ3n) is 4.01. The first-order chi connectivity index (χ1) is 12.0. The summed E-state index contributed by atoms with van der Waals surface area (Å²) < 4.78 is 33.9. The van der Waals surface area contributed by atoms with Gasteiger partial charge in [0.25, 0.3) is 0 Å². The number of hydrogen-bond donors (Lipinski definition) is 0. The minimum absolute atomic E-state index is 0.0446. The summed E-state index contributed by atoms with van der Waals surface area (Å²) >= 11 is 0. The molecule has 0 N–H and O–H groups in total. The van der Waals surface area contributed by atoms with Gasteiger partial charge < -0.3 is 9.30 Å². The van der Waals surface area contributed by atoms with Crippen LogP contribution in [-0.2, 0) is 0 Å². The first kappa shape index (κ1) is 16.9. The van der Waals surface area contributed by atoms with Crippen molar-refractivity contribution in [3.63, 3.8) is 0 Å². The first-order valence-electron chi connectivity index (χ1n) is 7.83. The monoisotopic (exact) mass is 341 g/mol. The zero-order chi connectivity index (χ0) is 18.0. The highest BCUT2D eigenvalue weighted by molar-refractivity contribution is 5.98. The topological polar surface area (TPSA) is 31.2 Å². The van der Waals surface area contributed by atoms with E-state index in [1.165, 1.54) is 24.3 Å². The van der Waals surface area contributed by atoms with Gasteiger partial charge in [0.05, 0.1) is 0 Å². The summed E-state index contributed by atoms with van der Waals surface area (Å²) in [6.07, 6.45) is 0. The van der Waals surface area contributed by atoms with Crippen molar-refractivity contribution in [3.05, 3.63) is 83.2 Å². The van der Waals surface area contributed by atoms with Gasteiger partial charge in [0.2, 0.25) is 5.78 Å². The maximum Gasteiger partial charge on any atom is 0.202 e. The van der Waals surface area contributed by atoms with Gasteiger partial charge in [-0.3, -0.25) is 4.79 Å². The Kier molecular flexibility index (Phi) is 4.65. The Morgan fingerprint density at radius 1 is 1.04 bits per heavy atom. The molecule has 0 atom stereocenters. The van der Waals surface area contributed by atoms with Crippen molar-refractivity contribution in [1.82, 2.24) is 4.57 Å². The Morgan fingerprint density at radius 3 is 2.40 bits per heavy atom. The van der Waals surface area contributed by atoms with Crippen LogP contribution in [0.25, 0.3) is 5.69 Å². The van der Waals surface area contributed by atoms with Gasteiger partial charge in [-0.1, -0.05) is 12.1 Å². The average Bonchev–Trinajstić information content (AvgIpc) is 2.89. The zero-order valence-corrected chi connectivity index (χ0v) is 13.9. The molecule has 0 aliphatic carbocycles. The van der Waals surface area contributed by atoms with Gasteiger partial charge in [-0.25, -0.2) is 8.78 Å². The minimum atomic E-state index is -0.507. The van der Waals surface area contributed by atoms with Crippen molar-refractivity contribution in [3.8, 4) is 11.4 Å². The molecule has 1 heterocycles. The van der Waals surface area contributed by atoms with Gasteiger partial charge in [0.1, 0.15) is 5.82 Å². The number of ketones is 1. The zero-order valence-electron chi connectivity index (χ0n) is 13.9. The van der Waals surface area contributed by atoms with Crippen molar-refractivity contribution < 1.29 is 18.3 Å². The molecule has 3 rings (SSSR count). The van der Waals surface area contributed by atoms with Crippen LogP contribution in [0.3, 0.4) is 0 Å². The van der Waals surface area contributed by atoms with Crippen LogP contribution < -0.4 is 4.74 Å². The highest BCUT2D eigenvalue weighted by Gasteiger charge is 2.17. The van der Waals surface area contributed by atoms with E-state index in [-0.39, 0.29) is 24.0 Å². The number of carbonyl (C=O) groups excluding carboxylic acids is 1. The van der Waals surface area contributed by atoms with Gasteiger partial charge in [-0.2, -0.15) is 0 Å². The second kappa shape index (κ2) is 6.89. The fourth-order valence-electron chi connectivity index (χ4n) is 2.82. The number of aryl methyl sites for hydroxylation is 1. The highest BCUT2D eigenvalue weighted by atomic mass is 19.1. The van der Waals surface area contributed by atoms with Crippen LogP contribution in [0, 0.1) is 25.5 Å². The lowest BCUT2D eigenvalue weighted by Crippen LogP contribution is -2.13. The molecule has 5 heteroatoms. The standard InChI is InChI=1S/C20H17F2NO2/c1-13-11-17(14(2)23(13)16-9-7-15(21)8-10-16)19(24)12-25-20-6-4-3-5-18(20)22/h3-11H,12H2,1-2H3. The Balaban J connectivity index is 1.83. The summed E-state index contributed by atoms with van der Waals surface area (Å²) in [6, 6.07) is 13.8. The number of nitrogens with zero attached hydrogens (tertiary/aromatic N) is 1. The molecular formula is C20H17F2NO2. The molecule has 0 unspecified atom stereocenters. The molecule has 0 radical (unpaired) electrons. The molecule has 0 bridgehead atoms. The van der Waals surface area contributed by atoms with Gasteiger partial charge in [-0.05, 0) is 56.3 Å². The number of Topliss-reactive ketones (excluding diaryl/α,β-unsaturated/α-hetero) is 1. The van der Waals surface area contributed by atoms with Crippen LogP contribution in [0.15, 0.2) is 54.6 Å². The van der Waals surface area contributed by atoms with E-state index in [0.717, 1.165) is 17.1 Å². The van der Waals surface area contributed by atoms with Crippen LogP contribution in [0.4, 0.5) is 8.78 Å². The van der Waals surface area contributed by atoms with Gasteiger partial charge in [0, 0.05) is 22.6 Å². The summed E-state index contributed by atoms with van der Waals surface area (Å²) in [5, 5.41) is 0. The lowest BCUT2D eigenvalue weighted by atomic mass is 10.1. The van der Waals surface area contributed by atoms with Crippen molar-refractivity contribution in [2.75, 3.05) is 6.61 Å². The number of benzene rings is 2. The van der Waals surface area contributed by atoms with Crippen LogP contribution >= 0.6 is 0 Å². The molecule has 0 saturated heterocycles. The lowest BCUT2D eigenvalue weighted by molar-refractivity contribution is 0.0918. The van der Waals surface area contributed by atoms with E-state index in [9.17, 15) is 13.6 Å². The van der Waals surface area contributed by atoms with Crippen LogP contribution in [0.5, 0.6) is 5.75 Å². The van der Waals surface area contributed by atoms with Crippen molar-refractivity contribution in [2.24, 2.45) is 0 Å². The first-order valence-corrected chi connectivity index (χ1v) is 7.83. The molecule has 0 fully saturated rings. The van der Waals surface area contributed by atoms with Crippen molar-refractivity contribution in [1.29, 1.82) is 0 Å². The van der Waals surface area contributed by atoms with Gasteiger partial charge >= 0.3 is 0 Å². The summed E-state index contributed by atoms with van der Waals surface area (Å²) in [4.78, 5) is 12.5. The molecule has 0 spiro atoms. The SMILES string of the molecule is Cc1cc(C(=O)COc2ccccc2F)c(C)n1-c1ccc(F)cc1. The van der Waals surface area contributed by atoms with E-state index in [1.807, 2.05) is 18.4 Å². The maximum atomic E-state index is 13.6. The van der Waals surface area contributed by atoms with E-state index in [2.05, 4.69) is 0 Å². The third kappa shape index (κ3) is 3.45. The Morgan fingerprint density at radius 2 is 1.72 bits per heavy atom. The largest absolute Gasteiger partial charge is 0.482 e. The lowest BCUT2D eigenvalue weighted by Gasteiger charge is -2.10. The quantitative estimate of drug-likeness (QED) is 0.633. The predicted molar refractivity (Wildman–Crippen MR) is 91.4 cm³/mol. The smallest absolute Gasteiger partial charge is 0.202 e. The summed E-state index contributed by atoms with van der Waals surface area (Å²) in [7, 11) is 0. The number of rotatable bonds is 5. The fraction of sp³-hybridized carbons (Fsp3) is 0.150. The molecule has 0 aliphatic rings. The normalized spacial score (nSPS) is 10.7. The molecule has 1 aromatic heterocycles. The second-order valence-electron chi connectivity index (χ2n) is 5.74. The Hall–Kier alpha value is -2.95. The number of ether oxygens (including phenoxy) is 1. The highest BCUT2D eigenvalue weighted by Crippen LogP contribution is 2.22. The van der Waals surface area contributed by atoms with E-state index in [4.69, 9.17) is 4.74 Å². The van der Waals surface area contributed by atoms with Crippen LogP contribution in [0.2, 0.25) is 0 Å². The molecule has 0 saturated carbocycles. The fourth-order valence-corrected chi connectivity index (χ4v) is 2.82. The number of aromatic nitrogens is 1. The van der Waals surface area contributed by atoms with Gasteiger partial charge in [0.15, 0.2) is 18.2 Å². The molecule has 3 nitrogen and oxygen atoms in total. The molecule has 3 aromatic rings. The molecule has 0 amide bonds. The summed E-state index contributed by atoms with van der Waals surface area (Å²) in [5.74, 6) is -1.03. The maximum absolute atomic E-state index is 13.6. The van der Waals surface area contributed by atoms with Crippen molar-refractivity contribution >= 4 is 5.78 Å². The summed E-state index contributed by atoms with van der Waals surface area (Å²) in [5.41, 5.74) is 2.84. The number of para-hydroxylation sites is 1. The molecule has 0 aliphatic heterocycles. The number of carbonyl (C=O) groups is 1. The van der Waals surface area contributed by atoms with Crippen molar-refractivity contribution in [2.45, 2.75) is 13.8 Å². The molecule has 2 aromatic carbocycles. The molecule has 25 heavy (non-hydrogen) atoms. The summed E-state index contributed by atoms with van der Waals surface area (Å²) in [6.45, 7) is 3.42. The van der Waals surface area contributed by atoms with Crippen LogP contribution in [-0.4, -0.2) is 17.0 Å². The molecule has 128 valence electrons. The number of halogens is 2. The predicted octanol–water partition coefficient (Wildman–Crippen LogP) is 4.63. The minimum Gasteiger partial charge on any atom is -0.482 e. The number of hydrogen-bond acceptors (Lipinski definition) is 2. The van der Waals surface area contributed by atoms with Crippen LogP contribution in [0.1, 0.15) is 21.7 Å². The Bertz CT molecular complexity index is 914. The third-order valence-corrected chi connectivity index (χ3v) is 4.01. The van der Waals surface area contributed by atoms with E-state index in [0.29, 0.717) is 5.56 Å². The van der Waals surface area contributed by atoms with E-state index >= 15 is 0 Å². The average molecular weight is 341 g/mol. The Labute approximate surface area is 144 Å². The van der Waals surface area contributed by atoms with E-state index < -0.39 is 5.82 Å². The van der Waals surface area contributed by atoms with E-state index in [1.54, 1.807) is 30.3 Å². The second-order valence-corrected chi connectivity index (χ2v) is 5.74. The van der Waals surface area contributed by atoms with Gasteiger partial charge in [-0.15, -0.1) is 0 Å².